The number of amides is 1. The van der Waals surface area contributed by atoms with Gasteiger partial charge in [-0.15, -0.1) is 0 Å². The van der Waals surface area contributed by atoms with E-state index in [4.69, 9.17) is 4.74 Å². The number of benzene rings is 1. The molecule has 1 aromatic rings. The fraction of sp³-hybridized carbons (Fsp3) is 0.462. The third-order valence-corrected chi connectivity index (χ3v) is 3.36. The summed E-state index contributed by atoms with van der Waals surface area (Å²) in [6.07, 6.45) is -0.424. The zero-order chi connectivity index (χ0) is 15.5. The zero-order valence-corrected chi connectivity index (χ0v) is 14.0. The molecular weight excluding hydrogens is 375 g/mol. The highest BCUT2D eigenvalue weighted by Crippen LogP contribution is 2.21. The molecule has 0 N–H and O–H groups in total. The van der Waals surface area contributed by atoms with Crippen molar-refractivity contribution in [1.82, 2.24) is 4.90 Å². The monoisotopic (exact) mass is 392 g/mol. The van der Waals surface area contributed by atoms with Crippen LogP contribution in [0.5, 0.6) is 0 Å². The number of hydrogen-bond acceptors (Lipinski definition) is 4. The molecule has 0 aliphatic heterocycles. The fourth-order valence-corrected chi connectivity index (χ4v) is 2.11. The molecule has 0 saturated carbocycles. The lowest BCUT2D eigenvalue weighted by Gasteiger charge is -2.24. The Kier molecular flexibility index (Phi) is 5.32. The van der Waals surface area contributed by atoms with Gasteiger partial charge in [0.25, 0.3) is 5.69 Å². The van der Waals surface area contributed by atoms with E-state index >= 15 is 0 Å². The van der Waals surface area contributed by atoms with Crippen LogP contribution in [-0.4, -0.2) is 28.6 Å². The molecule has 0 spiro atoms. The lowest BCUT2D eigenvalue weighted by molar-refractivity contribution is -0.385. The second-order valence-electron chi connectivity index (χ2n) is 5.37. The summed E-state index contributed by atoms with van der Waals surface area (Å²) in [5, 5.41) is 10.7. The summed E-state index contributed by atoms with van der Waals surface area (Å²) < 4.78 is 5.99. The van der Waals surface area contributed by atoms with Crippen LogP contribution in [0.2, 0.25) is 0 Å². The van der Waals surface area contributed by atoms with Gasteiger partial charge in [-0.05, 0) is 55.0 Å². The van der Waals surface area contributed by atoms with Crippen LogP contribution in [0.1, 0.15) is 26.3 Å². The highest BCUT2D eigenvalue weighted by molar-refractivity contribution is 14.1. The number of carbonyl (C=O) groups excluding carboxylic acids is 1. The lowest BCUT2D eigenvalue weighted by atomic mass is 10.2. The molecule has 0 aliphatic carbocycles. The molecule has 0 aliphatic rings. The molecule has 0 unspecified atom stereocenters. The number of nitro groups is 1. The van der Waals surface area contributed by atoms with Crippen molar-refractivity contribution in [3.05, 3.63) is 37.4 Å². The van der Waals surface area contributed by atoms with E-state index in [1.54, 1.807) is 33.9 Å². The average molecular weight is 392 g/mol. The van der Waals surface area contributed by atoms with Gasteiger partial charge in [0.15, 0.2) is 0 Å². The van der Waals surface area contributed by atoms with E-state index in [1.807, 2.05) is 22.6 Å². The van der Waals surface area contributed by atoms with Crippen molar-refractivity contribution in [2.75, 3.05) is 7.05 Å². The first kappa shape index (κ1) is 16.7. The van der Waals surface area contributed by atoms with Gasteiger partial charge in [-0.3, -0.25) is 10.1 Å². The number of ether oxygens (including phenoxy) is 1. The molecule has 6 nitrogen and oxygen atoms in total. The second kappa shape index (κ2) is 6.38. The molecule has 20 heavy (non-hydrogen) atoms. The van der Waals surface area contributed by atoms with Gasteiger partial charge >= 0.3 is 6.09 Å². The zero-order valence-electron chi connectivity index (χ0n) is 11.8. The van der Waals surface area contributed by atoms with Crippen molar-refractivity contribution >= 4 is 34.4 Å². The third-order valence-electron chi connectivity index (χ3n) is 2.36. The number of non-ortho nitro benzene ring substituents is 1. The number of halogens is 1. The van der Waals surface area contributed by atoms with Gasteiger partial charge in [-0.25, -0.2) is 4.79 Å². The molecule has 0 fully saturated rings. The van der Waals surface area contributed by atoms with Gasteiger partial charge in [0.1, 0.15) is 5.60 Å². The Bertz CT molecular complexity index is 526. The Morgan fingerprint density at radius 3 is 2.50 bits per heavy atom. The van der Waals surface area contributed by atoms with E-state index in [0.29, 0.717) is 6.54 Å². The molecule has 0 aromatic heterocycles. The van der Waals surface area contributed by atoms with Crippen molar-refractivity contribution in [3.63, 3.8) is 0 Å². The summed E-state index contributed by atoms with van der Waals surface area (Å²) in [5.74, 6) is 0. The average Bonchev–Trinajstić information content (AvgIpc) is 2.29. The van der Waals surface area contributed by atoms with Crippen LogP contribution in [-0.2, 0) is 11.3 Å². The maximum absolute atomic E-state index is 11.8. The third kappa shape index (κ3) is 4.95. The highest BCUT2D eigenvalue weighted by atomic mass is 127. The maximum atomic E-state index is 11.8. The molecule has 7 heteroatoms. The summed E-state index contributed by atoms with van der Waals surface area (Å²) in [6.45, 7) is 5.74. The number of hydrogen-bond donors (Lipinski definition) is 0. The minimum Gasteiger partial charge on any atom is -0.444 e. The maximum Gasteiger partial charge on any atom is 0.410 e. The number of rotatable bonds is 3. The minimum absolute atomic E-state index is 0.0399. The van der Waals surface area contributed by atoms with Crippen LogP contribution in [0.25, 0.3) is 0 Å². The first-order chi connectivity index (χ1) is 9.10. The summed E-state index contributed by atoms with van der Waals surface area (Å²) >= 11 is 2.02. The standard InChI is InChI=1S/C13H17IN2O4/c1-13(2,3)20-12(17)15(4)8-9-5-6-10(16(18)19)7-11(9)14/h5-7H,8H2,1-4H3. The molecule has 0 heterocycles. The topological polar surface area (TPSA) is 72.7 Å². The van der Waals surface area contributed by atoms with Gasteiger partial charge in [-0.2, -0.15) is 0 Å². The molecule has 0 atom stereocenters. The van der Waals surface area contributed by atoms with E-state index in [9.17, 15) is 14.9 Å². The van der Waals surface area contributed by atoms with Crippen molar-refractivity contribution in [3.8, 4) is 0 Å². The van der Waals surface area contributed by atoms with Crippen molar-refractivity contribution < 1.29 is 14.5 Å². The molecule has 1 rings (SSSR count). The molecule has 0 saturated heterocycles. The highest BCUT2D eigenvalue weighted by Gasteiger charge is 2.20. The van der Waals surface area contributed by atoms with Gasteiger partial charge in [0, 0.05) is 29.3 Å². The smallest absolute Gasteiger partial charge is 0.410 e. The summed E-state index contributed by atoms with van der Waals surface area (Å²) in [6, 6.07) is 4.57. The first-order valence-electron chi connectivity index (χ1n) is 5.97. The largest absolute Gasteiger partial charge is 0.444 e. The number of carbonyl (C=O) groups is 1. The van der Waals surface area contributed by atoms with E-state index in [-0.39, 0.29) is 5.69 Å². The number of nitro benzene ring substituents is 1. The molecule has 0 bridgehead atoms. The van der Waals surface area contributed by atoms with Gasteiger partial charge in [-0.1, -0.05) is 0 Å². The van der Waals surface area contributed by atoms with Crippen LogP contribution in [0.15, 0.2) is 18.2 Å². The summed E-state index contributed by atoms with van der Waals surface area (Å²) in [5.41, 5.74) is 0.330. The van der Waals surface area contributed by atoms with Crippen LogP contribution in [0.3, 0.4) is 0 Å². The summed E-state index contributed by atoms with van der Waals surface area (Å²) in [7, 11) is 1.63. The first-order valence-corrected chi connectivity index (χ1v) is 7.05. The SMILES string of the molecule is CN(Cc1ccc([N+](=O)[O-])cc1I)C(=O)OC(C)(C)C. The Balaban J connectivity index is 2.78. The Hall–Kier alpha value is -1.38. The van der Waals surface area contributed by atoms with Crippen LogP contribution in [0, 0.1) is 13.7 Å². The van der Waals surface area contributed by atoms with E-state index < -0.39 is 16.6 Å². The van der Waals surface area contributed by atoms with Gasteiger partial charge in [0.2, 0.25) is 0 Å². The Morgan fingerprint density at radius 2 is 2.05 bits per heavy atom. The quantitative estimate of drug-likeness (QED) is 0.448. The van der Waals surface area contributed by atoms with Crippen LogP contribution in [0.4, 0.5) is 10.5 Å². The van der Waals surface area contributed by atoms with E-state index in [1.165, 1.54) is 17.0 Å². The predicted octanol–water partition coefficient (Wildman–Crippen LogP) is 3.57. The molecule has 110 valence electrons. The predicted molar refractivity (Wildman–Crippen MR) is 83.5 cm³/mol. The summed E-state index contributed by atoms with van der Waals surface area (Å²) in [4.78, 5) is 23.5. The second-order valence-corrected chi connectivity index (χ2v) is 6.53. The molecular formula is C13H17IN2O4. The Morgan fingerprint density at radius 1 is 1.45 bits per heavy atom. The van der Waals surface area contributed by atoms with Crippen molar-refractivity contribution in [1.29, 1.82) is 0 Å². The number of nitrogens with zero attached hydrogens (tertiary/aromatic N) is 2. The van der Waals surface area contributed by atoms with Crippen LogP contribution >= 0.6 is 22.6 Å². The van der Waals surface area contributed by atoms with Crippen LogP contribution < -0.4 is 0 Å². The Labute approximate surface area is 131 Å². The molecule has 1 amide bonds. The lowest BCUT2D eigenvalue weighted by Crippen LogP contribution is -2.33. The fourth-order valence-electron chi connectivity index (χ4n) is 1.44. The van der Waals surface area contributed by atoms with E-state index in [2.05, 4.69) is 0 Å². The van der Waals surface area contributed by atoms with Crippen molar-refractivity contribution in [2.24, 2.45) is 0 Å². The van der Waals surface area contributed by atoms with Crippen molar-refractivity contribution in [2.45, 2.75) is 32.9 Å². The normalized spacial score (nSPS) is 11.1. The van der Waals surface area contributed by atoms with Gasteiger partial charge in [0.05, 0.1) is 4.92 Å². The van der Waals surface area contributed by atoms with Gasteiger partial charge < -0.3 is 9.64 Å². The minimum atomic E-state index is -0.548. The molecule has 1 aromatic carbocycles. The van der Waals surface area contributed by atoms with E-state index in [0.717, 1.165) is 9.13 Å². The molecule has 0 radical (unpaired) electrons.